The van der Waals surface area contributed by atoms with Crippen LogP contribution < -0.4 is 20.7 Å². The van der Waals surface area contributed by atoms with Crippen LogP contribution in [0.3, 0.4) is 0 Å². The third kappa shape index (κ3) is 3.26. The first kappa shape index (κ1) is 15.1. The Balaban J connectivity index is 2.38. The number of sulfonamides is 1. The summed E-state index contributed by atoms with van der Waals surface area (Å²) >= 11 is 0. The van der Waals surface area contributed by atoms with E-state index < -0.39 is 10.0 Å². The van der Waals surface area contributed by atoms with Crippen molar-refractivity contribution in [2.75, 3.05) is 17.3 Å². The lowest BCUT2D eigenvalue weighted by molar-refractivity contribution is 0.414. The number of hydrazine groups is 1. The molecule has 21 heavy (non-hydrogen) atoms. The van der Waals surface area contributed by atoms with Crippen LogP contribution in [-0.2, 0) is 10.0 Å². The summed E-state index contributed by atoms with van der Waals surface area (Å²) < 4.78 is 32.5. The first-order valence-corrected chi connectivity index (χ1v) is 7.69. The molecule has 0 aliphatic carbocycles. The minimum absolute atomic E-state index is 0.0859. The number of hydrogen-bond acceptors (Lipinski definition) is 5. The van der Waals surface area contributed by atoms with Crippen LogP contribution in [0.5, 0.6) is 5.75 Å². The predicted molar refractivity (Wildman–Crippen MR) is 82.8 cm³/mol. The van der Waals surface area contributed by atoms with E-state index in [0.29, 0.717) is 17.1 Å². The zero-order valence-electron chi connectivity index (χ0n) is 11.8. The second kappa shape index (κ2) is 6.02. The van der Waals surface area contributed by atoms with Crippen LogP contribution in [0, 0.1) is 6.92 Å². The van der Waals surface area contributed by atoms with E-state index in [1.807, 2.05) is 0 Å². The molecule has 0 aliphatic heterocycles. The number of methoxy groups -OCH3 is 1. The van der Waals surface area contributed by atoms with Crippen molar-refractivity contribution in [3.05, 3.63) is 48.0 Å². The maximum Gasteiger partial charge on any atom is 0.264 e. The second-order valence-electron chi connectivity index (χ2n) is 4.43. The second-order valence-corrected chi connectivity index (χ2v) is 6.08. The molecule has 0 amide bonds. The molecule has 0 spiro atoms. The third-order valence-corrected chi connectivity index (χ3v) is 4.43. The van der Waals surface area contributed by atoms with Gasteiger partial charge in [-0.25, -0.2) is 8.42 Å². The van der Waals surface area contributed by atoms with Crippen LogP contribution in [0.25, 0.3) is 0 Å². The minimum Gasteiger partial charge on any atom is -0.497 e. The van der Waals surface area contributed by atoms with E-state index in [-0.39, 0.29) is 4.90 Å². The Morgan fingerprint density at radius 3 is 2.43 bits per heavy atom. The van der Waals surface area contributed by atoms with Gasteiger partial charge in [-0.2, -0.15) is 0 Å². The maximum absolute atomic E-state index is 12.5. The number of nitrogen functional groups attached to an aromatic ring is 1. The van der Waals surface area contributed by atoms with Gasteiger partial charge in [0.05, 0.1) is 18.5 Å². The first-order chi connectivity index (χ1) is 9.97. The Labute approximate surface area is 124 Å². The molecule has 0 atom stereocenters. The summed E-state index contributed by atoms with van der Waals surface area (Å²) in [5.74, 6) is 6.02. The summed E-state index contributed by atoms with van der Waals surface area (Å²) in [6.45, 7) is 1.80. The molecule has 0 heterocycles. The molecule has 0 saturated carbocycles. The largest absolute Gasteiger partial charge is 0.497 e. The van der Waals surface area contributed by atoms with E-state index in [2.05, 4.69) is 10.1 Å². The zero-order chi connectivity index (χ0) is 15.5. The number of hydrogen-bond donors (Lipinski definition) is 3. The SMILES string of the molecule is COc1ccc(NS(=O)(=O)c2ccccc2NN)c(C)c1. The van der Waals surface area contributed by atoms with Gasteiger partial charge in [-0.3, -0.25) is 10.6 Å². The monoisotopic (exact) mass is 307 g/mol. The van der Waals surface area contributed by atoms with E-state index >= 15 is 0 Å². The van der Waals surface area contributed by atoms with Crippen LogP contribution in [0.2, 0.25) is 0 Å². The van der Waals surface area contributed by atoms with Gasteiger partial charge in [0.25, 0.3) is 10.0 Å². The van der Waals surface area contributed by atoms with Crippen molar-refractivity contribution in [2.24, 2.45) is 5.84 Å². The van der Waals surface area contributed by atoms with E-state index in [4.69, 9.17) is 10.6 Å². The molecule has 2 rings (SSSR count). The van der Waals surface area contributed by atoms with Gasteiger partial charge in [-0.15, -0.1) is 0 Å². The van der Waals surface area contributed by atoms with Crippen molar-refractivity contribution in [1.29, 1.82) is 0 Å². The minimum atomic E-state index is -3.73. The summed E-state index contributed by atoms with van der Waals surface area (Å²) in [6.07, 6.45) is 0. The van der Waals surface area contributed by atoms with Gasteiger partial charge < -0.3 is 10.2 Å². The fourth-order valence-electron chi connectivity index (χ4n) is 1.90. The molecule has 7 heteroatoms. The van der Waals surface area contributed by atoms with Crippen LogP contribution in [0.4, 0.5) is 11.4 Å². The van der Waals surface area contributed by atoms with Crippen LogP contribution in [0.1, 0.15) is 5.56 Å². The molecular formula is C14H17N3O3S. The molecule has 0 aromatic heterocycles. The van der Waals surface area contributed by atoms with E-state index in [1.165, 1.54) is 6.07 Å². The highest BCUT2D eigenvalue weighted by Gasteiger charge is 2.18. The predicted octanol–water partition coefficient (Wildman–Crippen LogP) is 2.09. The zero-order valence-corrected chi connectivity index (χ0v) is 12.6. The van der Waals surface area contributed by atoms with Gasteiger partial charge in [0.1, 0.15) is 10.6 Å². The Morgan fingerprint density at radius 2 is 1.81 bits per heavy atom. The van der Waals surface area contributed by atoms with E-state index in [1.54, 1.807) is 50.4 Å². The molecule has 0 bridgehead atoms. The number of ether oxygens (including phenoxy) is 1. The molecule has 6 nitrogen and oxygen atoms in total. The van der Waals surface area contributed by atoms with Crippen LogP contribution >= 0.6 is 0 Å². The molecule has 0 aliphatic rings. The average molecular weight is 307 g/mol. The van der Waals surface area contributed by atoms with Gasteiger partial charge in [0.2, 0.25) is 0 Å². The summed E-state index contributed by atoms with van der Waals surface area (Å²) in [6, 6.07) is 11.5. The van der Waals surface area contributed by atoms with E-state index in [0.717, 1.165) is 5.56 Å². The molecule has 0 unspecified atom stereocenters. The Bertz CT molecular complexity index is 745. The summed E-state index contributed by atoms with van der Waals surface area (Å²) in [7, 11) is -2.17. The lowest BCUT2D eigenvalue weighted by Crippen LogP contribution is -2.17. The number of rotatable bonds is 5. The van der Waals surface area contributed by atoms with E-state index in [9.17, 15) is 8.42 Å². The van der Waals surface area contributed by atoms with Gasteiger partial charge in [-0.05, 0) is 42.8 Å². The summed E-state index contributed by atoms with van der Waals surface area (Å²) in [4.78, 5) is 0.0859. The van der Waals surface area contributed by atoms with Gasteiger partial charge >= 0.3 is 0 Å². The highest BCUT2D eigenvalue weighted by atomic mass is 32.2. The molecule has 0 saturated heterocycles. The lowest BCUT2D eigenvalue weighted by Gasteiger charge is -2.14. The first-order valence-electron chi connectivity index (χ1n) is 6.21. The van der Waals surface area contributed by atoms with Crippen LogP contribution in [0.15, 0.2) is 47.4 Å². The Kier molecular flexibility index (Phi) is 4.35. The standard InChI is InChI=1S/C14H17N3O3S/c1-10-9-11(20-2)7-8-12(10)17-21(18,19)14-6-4-3-5-13(14)16-15/h3-9,16-17H,15H2,1-2H3. The van der Waals surface area contributed by atoms with Crippen molar-refractivity contribution in [2.45, 2.75) is 11.8 Å². The smallest absolute Gasteiger partial charge is 0.264 e. The fourth-order valence-corrected chi connectivity index (χ4v) is 3.20. The van der Waals surface area contributed by atoms with Crippen LogP contribution in [-0.4, -0.2) is 15.5 Å². The van der Waals surface area contributed by atoms with Crippen molar-refractivity contribution in [1.82, 2.24) is 0 Å². The van der Waals surface area contributed by atoms with Gasteiger partial charge in [0, 0.05) is 0 Å². The van der Waals surface area contributed by atoms with Crippen molar-refractivity contribution in [3.63, 3.8) is 0 Å². The summed E-state index contributed by atoms with van der Waals surface area (Å²) in [5.41, 5.74) is 3.96. The quantitative estimate of drug-likeness (QED) is 0.581. The molecule has 2 aromatic rings. The third-order valence-electron chi connectivity index (χ3n) is 3.01. The van der Waals surface area contributed by atoms with Crippen molar-refractivity contribution < 1.29 is 13.2 Å². The molecule has 0 radical (unpaired) electrons. The highest BCUT2D eigenvalue weighted by Crippen LogP contribution is 2.26. The molecule has 4 N–H and O–H groups in total. The van der Waals surface area contributed by atoms with Crippen molar-refractivity contribution in [3.8, 4) is 5.75 Å². The lowest BCUT2D eigenvalue weighted by atomic mass is 10.2. The Morgan fingerprint density at radius 1 is 1.10 bits per heavy atom. The number of benzene rings is 2. The fraction of sp³-hybridized carbons (Fsp3) is 0.143. The van der Waals surface area contributed by atoms with Crippen molar-refractivity contribution >= 4 is 21.4 Å². The molecular weight excluding hydrogens is 290 g/mol. The topological polar surface area (TPSA) is 93.4 Å². The average Bonchev–Trinajstić information content (AvgIpc) is 2.49. The maximum atomic E-state index is 12.5. The molecule has 0 fully saturated rings. The number of nitrogens with one attached hydrogen (secondary N) is 2. The number of para-hydroxylation sites is 1. The normalized spacial score (nSPS) is 11.0. The number of aryl methyl sites for hydroxylation is 1. The Hall–Kier alpha value is -2.25. The van der Waals surface area contributed by atoms with Gasteiger partial charge in [0.15, 0.2) is 0 Å². The summed E-state index contributed by atoms with van der Waals surface area (Å²) in [5, 5.41) is 0. The number of anilines is 2. The molecule has 2 aromatic carbocycles. The number of nitrogens with two attached hydrogens (primary N) is 1. The van der Waals surface area contributed by atoms with Gasteiger partial charge in [-0.1, -0.05) is 12.1 Å². The highest BCUT2D eigenvalue weighted by molar-refractivity contribution is 7.92. The molecule has 112 valence electrons.